The summed E-state index contributed by atoms with van der Waals surface area (Å²) in [6.07, 6.45) is -4.71. The fourth-order valence-electron chi connectivity index (χ4n) is 1.80. The van der Waals surface area contributed by atoms with Gasteiger partial charge >= 0.3 is 12.1 Å². The molecule has 1 aromatic carbocycles. The zero-order valence-electron chi connectivity index (χ0n) is 11.4. The number of carboxylic acid groups (broad SMARTS) is 1. The van der Waals surface area contributed by atoms with Crippen LogP contribution < -0.4 is 5.32 Å². The molecule has 23 heavy (non-hydrogen) atoms. The van der Waals surface area contributed by atoms with Crippen LogP contribution in [0.15, 0.2) is 18.2 Å². The number of hydrogen-bond acceptors (Lipinski definition) is 4. The van der Waals surface area contributed by atoms with Crippen LogP contribution in [0.1, 0.15) is 32.0 Å². The Morgan fingerprint density at radius 1 is 1.35 bits per heavy atom. The first kappa shape index (κ1) is 17.2. The summed E-state index contributed by atoms with van der Waals surface area (Å²) < 4.78 is 42.2. The van der Waals surface area contributed by atoms with Gasteiger partial charge in [-0.15, -0.1) is 0 Å². The molecule has 0 bridgehead atoms. The van der Waals surface area contributed by atoms with Crippen LogP contribution in [-0.4, -0.2) is 21.4 Å². The van der Waals surface area contributed by atoms with Crippen LogP contribution in [0, 0.1) is 6.92 Å². The lowest BCUT2D eigenvalue weighted by Gasteiger charge is -2.12. The zero-order chi connectivity index (χ0) is 17.4. The maximum Gasteiger partial charge on any atom is 0.417 e. The van der Waals surface area contributed by atoms with Gasteiger partial charge in [-0.05, 0) is 30.6 Å². The predicted molar refractivity (Wildman–Crippen MR) is 78.2 cm³/mol. The van der Waals surface area contributed by atoms with E-state index in [4.69, 9.17) is 16.7 Å². The molecule has 1 aromatic heterocycles. The second-order valence-corrected chi connectivity index (χ2v) is 5.55. The second kappa shape index (κ2) is 6.17. The van der Waals surface area contributed by atoms with Gasteiger partial charge in [-0.2, -0.15) is 17.5 Å². The Morgan fingerprint density at radius 3 is 2.57 bits per heavy atom. The van der Waals surface area contributed by atoms with E-state index < -0.39 is 34.2 Å². The van der Waals surface area contributed by atoms with Crippen molar-refractivity contribution in [3.63, 3.8) is 0 Å². The number of aromatic nitrogens is 1. The number of aromatic carboxylic acids is 1. The smallest absolute Gasteiger partial charge is 0.417 e. The van der Waals surface area contributed by atoms with Gasteiger partial charge in [-0.25, -0.2) is 4.79 Å². The SMILES string of the molecule is Cc1nsc(NC(=O)c2cccc(C(F)(F)F)c2Cl)c1C(=O)O. The molecule has 1 amide bonds. The van der Waals surface area contributed by atoms with Crippen molar-refractivity contribution in [2.45, 2.75) is 13.1 Å². The minimum atomic E-state index is -4.71. The molecule has 0 unspecified atom stereocenters. The molecule has 0 aliphatic rings. The Balaban J connectivity index is 2.38. The number of rotatable bonds is 3. The van der Waals surface area contributed by atoms with Gasteiger partial charge in [0.05, 0.1) is 21.8 Å². The molecule has 0 aliphatic carbocycles. The van der Waals surface area contributed by atoms with Crippen molar-refractivity contribution in [2.75, 3.05) is 5.32 Å². The maximum absolute atomic E-state index is 12.8. The Bertz CT molecular complexity index is 789. The molecule has 2 N–H and O–H groups in total. The molecule has 1 heterocycles. The lowest BCUT2D eigenvalue weighted by atomic mass is 10.1. The van der Waals surface area contributed by atoms with Crippen LogP contribution >= 0.6 is 23.1 Å². The van der Waals surface area contributed by atoms with Crippen molar-refractivity contribution in [1.29, 1.82) is 0 Å². The number of nitrogens with zero attached hydrogens (tertiary/aromatic N) is 1. The summed E-state index contributed by atoms with van der Waals surface area (Å²) in [4.78, 5) is 23.2. The summed E-state index contributed by atoms with van der Waals surface area (Å²) in [5, 5.41) is 10.5. The molecule has 0 aliphatic heterocycles. The van der Waals surface area contributed by atoms with E-state index in [-0.39, 0.29) is 16.3 Å². The molecule has 0 saturated heterocycles. The lowest BCUT2D eigenvalue weighted by Crippen LogP contribution is -2.16. The third kappa shape index (κ3) is 3.45. The number of amides is 1. The maximum atomic E-state index is 12.8. The third-order valence-electron chi connectivity index (χ3n) is 2.85. The third-order valence-corrected chi connectivity index (χ3v) is 4.11. The molecule has 122 valence electrons. The molecule has 0 radical (unpaired) electrons. The van der Waals surface area contributed by atoms with Crippen molar-refractivity contribution in [1.82, 2.24) is 4.37 Å². The van der Waals surface area contributed by atoms with Crippen molar-refractivity contribution in [2.24, 2.45) is 0 Å². The number of halogens is 4. The van der Waals surface area contributed by atoms with Crippen LogP contribution in [0.25, 0.3) is 0 Å². The average Bonchev–Trinajstić information content (AvgIpc) is 2.78. The number of aryl methyl sites for hydroxylation is 1. The molecular formula is C13H8ClF3N2O3S. The highest BCUT2D eigenvalue weighted by atomic mass is 35.5. The van der Waals surface area contributed by atoms with Crippen LogP contribution in [0.2, 0.25) is 5.02 Å². The van der Waals surface area contributed by atoms with Gasteiger partial charge in [0.25, 0.3) is 5.91 Å². The highest BCUT2D eigenvalue weighted by Gasteiger charge is 2.34. The van der Waals surface area contributed by atoms with E-state index in [9.17, 15) is 22.8 Å². The Kier molecular flexibility index (Phi) is 4.62. The van der Waals surface area contributed by atoms with Crippen molar-refractivity contribution >= 4 is 40.0 Å². The molecule has 0 saturated carbocycles. The topological polar surface area (TPSA) is 79.3 Å². The number of benzene rings is 1. The number of carbonyl (C=O) groups is 2. The molecule has 0 fully saturated rings. The van der Waals surface area contributed by atoms with Gasteiger partial charge in [-0.1, -0.05) is 17.7 Å². The van der Waals surface area contributed by atoms with Crippen molar-refractivity contribution < 1.29 is 27.9 Å². The van der Waals surface area contributed by atoms with Gasteiger partial charge in [0.1, 0.15) is 10.6 Å². The Morgan fingerprint density at radius 2 is 2.00 bits per heavy atom. The van der Waals surface area contributed by atoms with Gasteiger partial charge in [-0.3, -0.25) is 4.79 Å². The molecule has 0 spiro atoms. The normalized spacial score (nSPS) is 11.3. The summed E-state index contributed by atoms with van der Waals surface area (Å²) in [6.45, 7) is 1.44. The highest BCUT2D eigenvalue weighted by Crippen LogP contribution is 2.36. The van der Waals surface area contributed by atoms with Gasteiger partial charge in [0.2, 0.25) is 0 Å². The van der Waals surface area contributed by atoms with Crippen LogP contribution in [0.4, 0.5) is 18.2 Å². The number of alkyl halides is 3. The van der Waals surface area contributed by atoms with Crippen LogP contribution in [0.5, 0.6) is 0 Å². The second-order valence-electron chi connectivity index (χ2n) is 4.40. The summed E-state index contributed by atoms with van der Waals surface area (Å²) in [5.74, 6) is -2.26. The number of hydrogen-bond donors (Lipinski definition) is 2. The molecular weight excluding hydrogens is 357 g/mol. The highest BCUT2D eigenvalue weighted by molar-refractivity contribution is 7.11. The van der Waals surface area contributed by atoms with Gasteiger partial charge in [0.15, 0.2) is 0 Å². The van der Waals surface area contributed by atoms with E-state index in [0.717, 1.165) is 18.2 Å². The first-order valence-corrected chi connectivity index (χ1v) is 7.14. The quantitative estimate of drug-likeness (QED) is 0.860. The molecule has 5 nitrogen and oxygen atoms in total. The summed E-state index contributed by atoms with van der Waals surface area (Å²) >= 11 is 6.37. The first-order valence-electron chi connectivity index (χ1n) is 5.99. The van der Waals surface area contributed by atoms with E-state index in [1.165, 1.54) is 6.92 Å². The Labute approximate surface area is 136 Å². The minimum absolute atomic E-state index is 0.0755. The fourth-order valence-corrected chi connectivity index (χ4v) is 2.91. The largest absolute Gasteiger partial charge is 0.478 e. The standard InChI is InChI=1S/C13H8ClF3N2O3S/c1-5-8(12(21)22)11(23-19-5)18-10(20)6-3-2-4-7(9(6)14)13(15,16)17/h2-4H,1H3,(H,18,20)(H,21,22). The predicted octanol–water partition coefficient (Wildman–Crippen LogP) is 4.07. The molecule has 10 heteroatoms. The number of carboxylic acids is 1. The van der Waals surface area contributed by atoms with E-state index >= 15 is 0 Å². The van der Waals surface area contributed by atoms with Crippen LogP contribution in [-0.2, 0) is 6.18 Å². The number of anilines is 1. The van der Waals surface area contributed by atoms with E-state index in [2.05, 4.69) is 9.69 Å². The minimum Gasteiger partial charge on any atom is -0.478 e. The van der Waals surface area contributed by atoms with E-state index in [0.29, 0.717) is 11.5 Å². The van der Waals surface area contributed by atoms with Crippen LogP contribution in [0.3, 0.4) is 0 Å². The molecule has 0 atom stereocenters. The summed E-state index contributed by atoms with van der Waals surface area (Å²) in [7, 11) is 0. The summed E-state index contributed by atoms with van der Waals surface area (Å²) in [5.41, 5.74) is -1.59. The average molecular weight is 365 g/mol. The number of nitrogens with one attached hydrogen (secondary N) is 1. The first-order chi connectivity index (χ1) is 10.6. The molecule has 2 rings (SSSR count). The van der Waals surface area contributed by atoms with Gasteiger partial charge < -0.3 is 10.4 Å². The lowest BCUT2D eigenvalue weighted by molar-refractivity contribution is -0.137. The van der Waals surface area contributed by atoms with E-state index in [1.54, 1.807) is 0 Å². The van der Waals surface area contributed by atoms with Crippen molar-refractivity contribution in [3.8, 4) is 0 Å². The van der Waals surface area contributed by atoms with Crippen molar-refractivity contribution in [3.05, 3.63) is 45.6 Å². The molecule has 2 aromatic rings. The Hall–Kier alpha value is -2.13. The monoisotopic (exact) mass is 364 g/mol. The number of carbonyl (C=O) groups excluding carboxylic acids is 1. The van der Waals surface area contributed by atoms with E-state index in [1.807, 2.05) is 0 Å². The fraction of sp³-hybridized carbons (Fsp3) is 0.154. The van der Waals surface area contributed by atoms with Gasteiger partial charge in [0, 0.05) is 0 Å². The zero-order valence-corrected chi connectivity index (χ0v) is 12.9. The summed E-state index contributed by atoms with van der Waals surface area (Å²) in [6, 6.07) is 2.90.